The second-order valence-electron chi connectivity index (χ2n) is 6.27. The van der Waals surface area contributed by atoms with Crippen molar-refractivity contribution in [3.05, 3.63) is 35.6 Å². The van der Waals surface area contributed by atoms with Gasteiger partial charge in [0.05, 0.1) is 12.0 Å². The zero-order valence-electron chi connectivity index (χ0n) is 12.6. The van der Waals surface area contributed by atoms with Crippen molar-refractivity contribution in [3.63, 3.8) is 0 Å². The number of hydrogen-bond donors (Lipinski definition) is 0. The largest absolute Gasteiger partial charge is 0.401 e. The summed E-state index contributed by atoms with van der Waals surface area (Å²) in [6, 6.07) is 5.92. The first kappa shape index (κ1) is 16.2. The van der Waals surface area contributed by atoms with E-state index in [0.29, 0.717) is 25.9 Å². The van der Waals surface area contributed by atoms with Crippen molar-refractivity contribution in [2.45, 2.75) is 24.4 Å². The van der Waals surface area contributed by atoms with E-state index in [1.165, 1.54) is 17.0 Å². The van der Waals surface area contributed by atoms with E-state index >= 15 is 0 Å². The summed E-state index contributed by atoms with van der Waals surface area (Å²) in [7, 11) is 0. The van der Waals surface area contributed by atoms with Crippen LogP contribution in [-0.2, 0) is 10.2 Å². The summed E-state index contributed by atoms with van der Waals surface area (Å²) in [4.78, 5) is 15.7. The van der Waals surface area contributed by atoms with Gasteiger partial charge >= 0.3 is 6.18 Å². The molecule has 0 radical (unpaired) electrons. The first-order valence-electron chi connectivity index (χ1n) is 7.65. The van der Waals surface area contributed by atoms with Gasteiger partial charge in [-0.15, -0.1) is 0 Å². The average molecular weight is 330 g/mol. The van der Waals surface area contributed by atoms with Crippen LogP contribution in [0.4, 0.5) is 17.6 Å². The van der Waals surface area contributed by atoms with Gasteiger partial charge in [0.1, 0.15) is 5.82 Å². The molecule has 1 heterocycles. The van der Waals surface area contributed by atoms with Gasteiger partial charge < -0.3 is 4.90 Å². The number of halogens is 4. The third kappa shape index (κ3) is 3.49. The number of amides is 1. The summed E-state index contributed by atoms with van der Waals surface area (Å²) < 4.78 is 50.2. The molecule has 1 aliphatic heterocycles. The molecule has 0 bridgehead atoms. The molecule has 1 saturated carbocycles. The van der Waals surface area contributed by atoms with Gasteiger partial charge in [-0.1, -0.05) is 12.1 Å². The third-order valence-corrected chi connectivity index (χ3v) is 4.62. The van der Waals surface area contributed by atoms with Crippen molar-refractivity contribution in [1.29, 1.82) is 0 Å². The SMILES string of the molecule is O=C(N1CCN(CC(F)(F)F)CC1)C1(c2ccc(F)cc2)CC1. The third-order valence-electron chi connectivity index (χ3n) is 4.62. The average Bonchev–Trinajstić information content (AvgIpc) is 3.28. The van der Waals surface area contributed by atoms with Crippen molar-refractivity contribution in [2.24, 2.45) is 0 Å². The molecule has 0 unspecified atom stereocenters. The Morgan fingerprint density at radius 3 is 2.09 bits per heavy atom. The molecule has 2 fully saturated rings. The molecular formula is C16H18F4N2O. The second-order valence-corrected chi connectivity index (χ2v) is 6.27. The first-order valence-corrected chi connectivity index (χ1v) is 7.65. The summed E-state index contributed by atoms with van der Waals surface area (Å²) in [6.07, 6.45) is -2.79. The van der Waals surface area contributed by atoms with E-state index in [1.54, 1.807) is 17.0 Å². The lowest BCUT2D eigenvalue weighted by Crippen LogP contribution is -2.53. The fourth-order valence-corrected chi connectivity index (χ4v) is 3.19. The summed E-state index contributed by atoms with van der Waals surface area (Å²) in [5.41, 5.74) is 0.196. The van der Waals surface area contributed by atoms with Gasteiger partial charge in [0.15, 0.2) is 0 Å². The number of carbonyl (C=O) groups is 1. The lowest BCUT2D eigenvalue weighted by molar-refractivity contribution is -0.152. The molecule has 7 heteroatoms. The van der Waals surface area contributed by atoms with Crippen molar-refractivity contribution >= 4 is 5.91 Å². The van der Waals surface area contributed by atoms with E-state index in [4.69, 9.17) is 0 Å². The molecule has 1 aliphatic carbocycles. The molecule has 1 amide bonds. The summed E-state index contributed by atoms with van der Waals surface area (Å²) >= 11 is 0. The number of benzene rings is 1. The maximum Gasteiger partial charge on any atom is 0.401 e. The molecular weight excluding hydrogens is 312 g/mol. The molecule has 23 heavy (non-hydrogen) atoms. The monoisotopic (exact) mass is 330 g/mol. The fourth-order valence-electron chi connectivity index (χ4n) is 3.19. The van der Waals surface area contributed by atoms with Gasteiger partial charge in [0.2, 0.25) is 5.91 Å². The van der Waals surface area contributed by atoms with E-state index in [2.05, 4.69) is 0 Å². The normalized spacial score (nSPS) is 21.3. The van der Waals surface area contributed by atoms with Crippen molar-refractivity contribution in [2.75, 3.05) is 32.7 Å². The smallest absolute Gasteiger partial charge is 0.339 e. The van der Waals surface area contributed by atoms with Gasteiger partial charge in [0.25, 0.3) is 0 Å². The van der Waals surface area contributed by atoms with Crippen LogP contribution in [0.15, 0.2) is 24.3 Å². The molecule has 126 valence electrons. The lowest BCUT2D eigenvalue weighted by atomic mass is 9.94. The van der Waals surface area contributed by atoms with E-state index in [-0.39, 0.29) is 24.8 Å². The molecule has 0 aromatic heterocycles. The quantitative estimate of drug-likeness (QED) is 0.796. The Labute approximate surface area is 131 Å². The highest BCUT2D eigenvalue weighted by Crippen LogP contribution is 2.49. The molecule has 3 rings (SSSR count). The highest BCUT2D eigenvalue weighted by atomic mass is 19.4. The van der Waals surface area contributed by atoms with Crippen LogP contribution in [0.1, 0.15) is 18.4 Å². The number of rotatable bonds is 3. The number of piperazine rings is 1. The van der Waals surface area contributed by atoms with Crippen LogP contribution in [0.2, 0.25) is 0 Å². The van der Waals surface area contributed by atoms with E-state index in [1.807, 2.05) is 0 Å². The Kier molecular flexibility index (Phi) is 4.08. The maximum atomic E-state index is 13.0. The second kappa shape index (κ2) is 5.78. The van der Waals surface area contributed by atoms with Crippen LogP contribution < -0.4 is 0 Å². The minimum atomic E-state index is -4.21. The lowest BCUT2D eigenvalue weighted by Gasteiger charge is -2.36. The number of hydrogen-bond acceptors (Lipinski definition) is 2. The van der Waals surface area contributed by atoms with E-state index in [0.717, 1.165) is 5.56 Å². The van der Waals surface area contributed by atoms with Crippen molar-refractivity contribution < 1.29 is 22.4 Å². The van der Waals surface area contributed by atoms with Gasteiger partial charge in [-0.3, -0.25) is 9.69 Å². The predicted molar refractivity (Wildman–Crippen MR) is 76.4 cm³/mol. The topological polar surface area (TPSA) is 23.6 Å². The molecule has 0 spiro atoms. The maximum absolute atomic E-state index is 13.0. The Bertz CT molecular complexity index is 573. The van der Waals surface area contributed by atoms with Crippen LogP contribution in [0, 0.1) is 5.82 Å². The van der Waals surface area contributed by atoms with Gasteiger partial charge in [-0.05, 0) is 30.5 Å². The molecule has 3 nitrogen and oxygen atoms in total. The molecule has 1 aromatic carbocycles. The summed E-state index contributed by atoms with van der Waals surface area (Å²) in [5, 5.41) is 0. The van der Waals surface area contributed by atoms with Gasteiger partial charge in [0, 0.05) is 26.2 Å². The first-order chi connectivity index (χ1) is 10.8. The van der Waals surface area contributed by atoms with Gasteiger partial charge in [-0.25, -0.2) is 4.39 Å². The minimum Gasteiger partial charge on any atom is -0.339 e. The summed E-state index contributed by atoms with van der Waals surface area (Å²) in [6.45, 7) is 0.128. The van der Waals surface area contributed by atoms with Crippen molar-refractivity contribution in [3.8, 4) is 0 Å². The number of alkyl halides is 3. The number of carbonyl (C=O) groups excluding carboxylic acids is 1. The van der Waals surface area contributed by atoms with E-state index in [9.17, 15) is 22.4 Å². The van der Waals surface area contributed by atoms with Crippen LogP contribution in [0.3, 0.4) is 0 Å². The van der Waals surface area contributed by atoms with Crippen molar-refractivity contribution in [1.82, 2.24) is 9.80 Å². The zero-order chi connectivity index (χ0) is 16.7. The van der Waals surface area contributed by atoms with Crippen LogP contribution >= 0.6 is 0 Å². The fraction of sp³-hybridized carbons (Fsp3) is 0.562. The Morgan fingerprint density at radius 2 is 1.61 bits per heavy atom. The molecule has 1 saturated heterocycles. The molecule has 2 aliphatic rings. The highest BCUT2D eigenvalue weighted by Gasteiger charge is 2.53. The van der Waals surface area contributed by atoms with Gasteiger partial charge in [-0.2, -0.15) is 13.2 Å². The predicted octanol–water partition coefficient (Wildman–Crippen LogP) is 2.56. The Hall–Kier alpha value is -1.63. The van der Waals surface area contributed by atoms with Crippen LogP contribution in [-0.4, -0.2) is 54.6 Å². The van der Waals surface area contributed by atoms with Crippen LogP contribution in [0.25, 0.3) is 0 Å². The highest BCUT2D eigenvalue weighted by molar-refractivity contribution is 5.91. The Balaban J connectivity index is 1.62. The zero-order valence-corrected chi connectivity index (χ0v) is 12.6. The Morgan fingerprint density at radius 1 is 1.04 bits per heavy atom. The molecule has 0 N–H and O–H groups in total. The van der Waals surface area contributed by atoms with Crippen LogP contribution in [0.5, 0.6) is 0 Å². The standard InChI is InChI=1S/C16H18F4N2O/c17-13-3-1-12(2-4-13)15(5-6-15)14(23)22-9-7-21(8-10-22)11-16(18,19)20/h1-4H,5-11H2. The summed E-state index contributed by atoms with van der Waals surface area (Å²) in [5.74, 6) is -0.395. The van der Waals surface area contributed by atoms with E-state index < -0.39 is 18.1 Å². The number of nitrogens with zero attached hydrogens (tertiary/aromatic N) is 2. The minimum absolute atomic E-state index is 0.0456. The molecule has 0 atom stereocenters. The molecule has 1 aromatic rings.